The fourth-order valence-electron chi connectivity index (χ4n) is 2.62. The predicted molar refractivity (Wildman–Crippen MR) is 90.3 cm³/mol. The molecule has 2 nitrogen and oxygen atoms in total. The molecule has 8 heteroatoms. The highest BCUT2D eigenvalue weighted by Gasteiger charge is 2.16. The Bertz CT molecular complexity index is 991. The molecule has 0 aliphatic rings. The van der Waals surface area contributed by atoms with Gasteiger partial charge in [-0.1, -0.05) is 12.1 Å². The Labute approximate surface area is 156 Å². The molecule has 0 atom stereocenters. The van der Waals surface area contributed by atoms with Crippen LogP contribution in [0.5, 0.6) is 5.75 Å². The molecule has 2 N–H and O–H groups in total. The quantitative estimate of drug-likeness (QED) is 0.473. The average molecular weight is 397 g/mol. The molecule has 0 radical (unpaired) electrons. The SMILES string of the molecule is NCc1cc(F)c(OCc2ccc(-c3cc(F)c(F)c(F)c3)c(F)c2)c(F)c1. The Morgan fingerprint density at radius 1 is 0.679 bits per heavy atom. The molecule has 0 aliphatic heterocycles. The van der Waals surface area contributed by atoms with Crippen LogP contribution in [0.25, 0.3) is 11.1 Å². The summed E-state index contributed by atoms with van der Waals surface area (Å²) in [6.45, 7) is -0.412. The molecule has 0 unspecified atom stereocenters. The summed E-state index contributed by atoms with van der Waals surface area (Å²) >= 11 is 0. The van der Waals surface area contributed by atoms with Crippen LogP contribution < -0.4 is 10.5 Å². The zero-order valence-corrected chi connectivity index (χ0v) is 14.2. The van der Waals surface area contributed by atoms with Gasteiger partial charge >= 0.3 is 0 Å². The molecule has 0 aliphatic carbocycles. The van der Waals surface area contributed by atoms with Crippen molar-refractivity contribution in [1.82, 2.24) is 0 Å². The van der Waals surface area contributed by atoms with E-state index in [0.29, 0.717) is 12.1 Å². The van der Waals surface area contributed by atoms with Gasteiger partial charge in [0.2, 0.25) is 0 Å². The monoisotopic (exact) mass is 397 g/mol. The van der Waals surface area contributed by atoms with Gasteiger partial charge < -0.3 is 10.5 Å². The van der Waals surface area contributed by atoms with Crippen molar-refractivity contribution in [1.29, 1.82) is 0 Å². The highest BCUT2D eigenvalue weighted by Crippen LogP contribution is 2.28. The van der Waals surface area contributed by atoms with E-state index in [1.165, 1.54) is 12.1 Å². The molecule has 146 valence electrons. The van der Waals surface area contributed by atoms with Crippen molar-refractivity contribution >= 4 is 0 Å². The zero-order valence-electron chi connectivity index (χ0n) is 14.2. The molecular formula is C20H13F6NO. The molecule has 0 saturated heterocycles. The van der Waals surface area contributed by atoms with E-state index >= 15 is 0 Å². The summed E-state index contributed by atoms with van der Waals surface area (Å²) in [4.78, 5) is 0. The van der Waals surface area contributed by atoms with Gasteiger partial charge in [0.15, 0.2) is 34.8 Å². The molecule has 0 saturated carbocycles. The minimum atomic E-state index is -1.65. The summed E-state index contributed by atoms with van der Waals surface area (Å²) < 4.78 is 86.9. The molecule has 0 amide bonds. The largest absolute Gasteiger partial charge is 0.483 e. The van der Waals surface area contributed by atoms with Crippen LogP contribution in [-0.4, -0.2) is 0 Å². The minimum absolute atomic E-state index is 0.0502. The number of halogens is 6. The molecule has 0 fully saturated rings. The van der Waals surface area contributed by atoms with Gasteiger partial charge in [0.05, 0.1) is 0 Å². The van der Waals surface area contributed by atoms with Crippen LogP contribution in [-0.2, 0) is 13.2 Å². The van der Waals surface area contributed by atoms with Crippen molar-refractivity contribution in [3.05, 3.63) is 88.5 Å². The van der Waals surface area contributed by atoms with Gasteiger partial charge in [-0.25, -0.2) is 26.3 Å². The maximum absolute atomic E-state index is 14.3. The predicted octanol–water partition coefficient (Wildman–Crippen LogP) is 5.23. The molecule has 28 heavy (non-hydrogen) atoms. The summed E-state index contributed by atoms with van der Waals surface area (Å²) in [6, 6.07) is 6.91. The summed E-state index contributed by atoms with van der Waals surface area (Å²) in [5.74, 6) is -7.96. The lowest BCUT2D eigenvalue weighted by molar-refractivity contribution is 0.273. The standard InChI is InChI=1S/C20H13F6NO/c21-14-3-10(9-28-20-17(24)4-11(8-27)5-18(20)25)1-2-13(14)12-6-15(22)19(26)16(23)7-12/h1-7H,8-9,27H2. The van der Waals surface area contributed by atoms with E-state index in [1.54, 1.807) is 0 Å². The Morgan fingerprint density at radius 2 is 1.25 bits per heavy atom. The lowest BCUT2D eigenvalue weighted by Gasteiger charge is -2.11. The third kappa shape index (κ3) is 3.96. The number of hydrogen-bond donors (Lipinski definition) is 1. The Kier molecular flexibility index (Phi) is 5.60. The second kappa shape index (κ2) is 7.93. The smallest absolute Gasteiger partial charge is 0.194 e. The van der Waals surface area contributed by atoms with Gasteiger partial charge in [-0.2, -0.15) is 0 Å². The maximum atomic E-state index is 14.3. The fraction of sp³-hybridized carbons (Fsp3) is 0.100. The van der Waals surface area contributed by atoms with Crippen LogP contribution in [0.15, 0.2) is 42.5 Å². The average Bonchev–Trinajstić information content (AvgIpc) is 2.65. The number of hydrogen-bond acceptors (Lipinski definition) is 2. The second-order valence-electron chi connectivity index (χ2n) is 5.95. The topological polar surface area (TPSA) is 35.2 Å². The lowest BCUT2D eigenvalue weighted by atomic mass is 10.0. The van der Waals surface area contributed by atoms with Crippen LogP contribution in [0.2, 0.25) is 0 Å². The number of benzene rings is 3. The molecule has 0 bridgehead atoms. The van der Waals surface area contributed by atoms with Crippen LogP contribution >= 0.6 is 0 Å². The zero-order chi connectivity index (χ0) is 20.4. The first-order valence-corrected chi connectivity index (χ1v) is 8.04. The number of rotatable bonds is 5. The van der Waals surface area contributed by atoms with Crippen LogP contribution in [0.4, 0.5) is 26.3 Å². The first-order valence-electron chi connectivity index (χ1n) is 8.04. The van der Waals surface area contributed by atoms with E-state index < -0.39 is 40.7 Å². The van der Waals surface area contributed by atoms with Gasteiger partial charge in [0.1, 0.15) is 12.4 Å². The van der Waals surface area contributed by atoms with E-state index in [9.17, 15) is 26.3 Å². The summed E-state index contributed by atoms with van der Waals surface area (Å²) in [5, 5.41) is 0. The van der Waals surface area contributed by atoms with E-state index in [0.717, 1.165) is 18.2 Å². The van der Waals surface area contributed by atoms with Crippen LogP contribution in [0.3, 0.4) is 0 Å². The van der Waals surface area contributed by atoms with Crippen molar-refractivity contribution in [2.24, 2.45) is 5.73 Å². The second-order valence-corrected chi connectivity index (χ2v) is 5.95. The molecule has 0 heterocycles. The number of nitrogens with two attached hydrogens (primary N) is 1. The molecule has 3 aromatic rings. The fourth-order valence-corrected chi connectivity index (χ4v) is 2.62. The van der Waals surface area contributed by atoms with E-state index in [4.69, 9.17) is 10.5 Å². The highest BCUT2D eigenvalue weighted by atomic mass is 19.2. The van der Waals surface area contributed by atoms with E-state index in [-0.39, 0.29) is 35.4 Å². The molecule has 0 spiro atoms. The van der Waals surface area contributed by atoms with Gasteiger partial charge in [0, 0.05) is 12.1 Å². The lowest BCUT2D eigenvalue weighted by Crippen LogP contribution is -2.04. The summed E-state index contributed by atoms with van der Waals surface area (Å²) in [6.07, 6.45) is 0. The van der Waals surface area contributed by atoms with Crippen LogP contribution in [0, 0.1) is 34.9 Å². The van der Waals surface area contributed by atoms with E-state index in [1.807, 2.05) is 0 Å². The third-order valence-electron chi connectivity index (χ3n) is 4.01. The normalized spacial score (nSPS) is 11.0. The minimum Gasteiger partial charge on any atom is -0.483 e. The molecule has 3 aromatic carbocycles. The molecule has 0 aromatic heterocycles. The number of ether oxygens (including phenoxy) is 1. The third-order valence-corrected chi connectivity index (χ3v) is 4.01. The van der Waals surface area contributed by atoms with Crippen LogP contribution in [0.1, 0.15) is 11.1 Å². The molecule has 3 rings (SSSR count). The first kappa shape index (κ1) is 19.8. The van der Waals surface area contributed by atoms with Crippen molar-refractivity contribution in [3.63, 3.8) is 0 Å². The van der Waals surface area contributed by atoms with E-state index in [2.05, 4.69) is 0 Å². The van der Waals surface area contributed by atoms with Gasteiger partial charge in [-0.05, 0) is 47.0 Å². The van der Waals surface area contributed by atoms with Gasteiger partial charge in [0.25, 0.3) is 0 Å². The highest BCUT2D eigenvalue weighted by molar-refractivity contribution is 5.64. The van der Waals surface area contributed by atoms with Crippen molar-refractivity contribution in [2.45, 2.75) is 13.2 Å². The molecular weight excluding hydrogens is 384 g/mol. The Hall–Kier alpha value is -3.00. The van der Waals surface area contributed by atoms with Crippen molar-refractivity contribution in [3.8, 4) is 16.9 Å². The Balaban J connectivity index is 1.82. The maximum Gasteiger partial charge on any atom is 0.194 e. The summed E-state index contributed by atoms with van der Waals surface area (Å²) in [5.41, 5.74) is 5.41. The van der Waals surface area contributed by atoms with Gasteiger partial charge in [-0.3, -0.25) is 0 Å². The van der Waals surface area contributed by atoms with Gasteiger partial charge in [-0.15, -0.1) is 0 Å². The first-order chi connectivity index (χ1) is 13.3. The van der Waals surface area contributed by atoms with Crippen molar-refractivity contribution < 1.29 is 31.1 Å². The summed E-state index contributed by atoms with van der Waals surface area (Å²) in [7, 11) is 0. The Morgan fingerprint density at radius 3 is 1.79 bits per heavy atom. The van der Waals surface area contributed by atoms with Crippen molar-refractivity contribution in [2.75, 3.05) is 0 Å².